The number of nitrogens with one attached hydrogen (secondary N) is 1. The van der Waals surface area contributed by atoms with Crippen molar-refractivity contribution in [2.75, 3.05) is 6.54 Å². The van der Waals surface area contributed by atoms with Crippen LogP contribution in [0.2, 0.25) is 0 Å². The number of rotatable bonds is 9. The van der Waals surface area contributed by atoms with Gasteiger partial charge in [-0.3, -0.25) is 4.98 Å². The average Bonchev–Trinajstić information content (AvgIpc) is 2.43. The van der Waals surface area contributed by atoms with Crippen LogP contribution in [0.4, 0.5) is 0 Å². The maximum atomic E-state index is 4.27. The maximum Gasteiger partial charge on any atom is 0.0326 e. The van der Waals surface area contributed by atoms with Crippen LogP contribution >= 0.6 is 0 Å². The zero-order chi connectivity index (χ0) is 14.1. The first-order valence-electron chi connectivity index (χ1n) is 7.88. The van der Waals surface area contributed by atoms with Gasteiger partial charge in [0.2, 0.25) is 0 Å². The molecule has 0 radical (unpaired) electrons. The first kappa shape index (κ1) is 16.2. The molecular weight excluding hydrogens is 232 g/mol. The Morgan fingerprint density at radius 1 is 1.21 bits per heavy atom. The van der Waals surface area contributed by atoms with Gasteiger partial charge >= 0.3 is 0 Å². The first-order valence-corrected chi connectivity index (χ1v) is 7.88. The van der Waals surface area contributed by atoms with Gasteiger partial charge in [0, 0.05) is 18.4 Å². The number of nitrogens with zero attached hydrogens (tertiary/aromatic N) is 1. The van der Waals surface area contributed by atoms with Gasteiger partial charge in [-0.05, 0) is 48.9 Å². The van der Waals surface area contributed by atoms with Gasteiger partial charge in [-0.15, -0.1) is 0 Å². The van der Waals surface area contributed by atoms with Crippen LogP contribution in [0.5, 0.6) is 0 Å². The summed E-state index contributed by atoms with van der Waals surface area (Å²) in [6.07, 6.45) is 10.0. The quantitative estimate of drug-likeness (QED) is 0.708. The number of pyridine rings is 1. The second kappa shape index (κ2) is 9.08. The molecular formula is C17H30N2. The topological polar surface area (TPSA) is 24.9 Å². The lowest BCUT2D eigenvalue weighted by molar-refractivity contribution is 0.388. The first-order chi connectivity index (χ1) is 9.22. The van der Waals surface area contributed by atoms with Crippen LogP contribution < -0.4 is 5.32 Å². The van der Waals surface area contributed by atoms with Crippen LogP contribution in [0, 0.1) is 5.92 Å². The summed E-state index contributed by atoms with van der Waals surface area (Å²) < 4.78 is 0. The lowest BCUT2D eigenvalue weighted by Crippen LogP contribution is -2.25. The highest BCUT2D eigenvalue weighted by atomic mass is 14.9. The normalized spacial score (nSPS) is 14.3. The van der Waals surface area contributed by atoms with Gasteiger partial charge in [0.15, 0.2) is 0 Å². The Kier molecular flexibility index (Phi) is 7.73. The monoisotopic (exact) mass is 262 g/mol. The van der Waals surface area contributed by atoms with E-state index >= 15 is 0 Å². The smallest absolute Gasteiger partial charge is 0.0326 e. The largest absolute Gasteiger partial charge is 0.310 e. The van der Waals surface area contributed by atoms with Crippen LogP contribution in [0.1, 0.15) is 70.5 Å². The highest BCUT2D eigenvalue weighted by Gasteiger charge is 2.16. The Balaban J connectivity index is 2.82. The van der Waals surface area contributed by atoms with Crippen LogP contribution in [0.3, 0.4) is 0 Å². The Hall–Kier alpha value is -0.890. The lowest BCUT2D eigenvalue weighted by atomic mass is 9.90. The van der Waals surface area contributed by atoms with Gasteiger partial charge in [0.25, 0.3) is 0 Å². The summed E-state index contributed by atoms with van der Waals surface area (Å²) in [7, 11) is 0. The fourth-order valence-electron chi connectivity index (χ4n) is 2.73. The number of hydrogen-bond acceptors (Lipinski definition) is 2. The van der Waals surface area contributed by atoms with E-state index in [1.54, 1.807) is 0 Å². The number of hydrogen-bond donors (Lipinski definition) is 1. The van der Waals surface area contributed by atoms with Gasteiger partial charge in [0.05, 0.1) is 0 Å². The van der Waals surface area contributed by atoms with E-state index in [1.165, 1.54) is 36.8 Å². The predicted octanol–water partition coefficient (Wildman–Crippen LogP) is 4.51. The molecule has 0 aliphatic heterocycles. The molecule has 1 heterocycles. The van der Waals surface area contributed by atoms with Gasteiger partial charge in [-0.2, -0.15) is 0 Å². The van der Waals surface area contributed by atoms with E-state index in [4.69, 9.17) is 0 Å². The zero-order valence-electron chi connectivity index (χ0n) is 13.1. The van der Waals surface area contributed by atoms with Crippen molar-refractivity contribution in [2.45, 2.75) is 65.8 Å². The van der Waals surface area contributed by atoms with Crippen molar-refractivity contribution in [3.63, 3.8) is 0 Å². The molecule has 1 aromatic rings. The number of aryl methyl sites for hydroxylation is 1. The summed E-state index contributed by atoms with van der Waals surface area (Å²) in [6.45, 7) is 10.2. The van der Waals surface area contributed by atoms with Crippen molar-refractivity contribution in [1.82, 2.24) is 10.3 Å². The Bertz CT molecular complexity index is 349. The molecule has 1 N–H and O–H groups in total. The van der Waals surface area contributed by atoms with Crippen molar-refractivity contribution in [3.05, 3.63) is 29.6 Å². The molecule has 0 aromatic carbocycles. The van der Waals surface area contributed by atoms with Crippen molar-refractivity contribution in [3.8, 4) is 0 Å². The molecule has 0 saturated heterocycles. The molecule has 0 fully saturated rings. The highest BCUT2D eigenvalue weighted by molar-refractivity contribution is 5.26. The van der Waals surface area contributed by atoms with Gasteiger partial charge in [-0.25, -0.2) is 0 Å². The molecule has 2 nitrogen and oxygen atoms in total. The van der Waals surface area contributed by atoms with E-state index in [0.717, 1.165) is 18.9 Å². The molecule has 0 aliphatic rings. The molecule has 1 rings (SSSR count). The zero-order valence-corrected chi connectivity index (χ0v) is 13.1. The van der Waals surface area contributed by atoms with Crippen molar-refractivity contribution < 1.29 is 0 Å². The molecule has 108 valence electrons. The Morgan fingerprint density at radius 2 is 2.00 bits per heavy atom. The third kappa shape index (κ3) is 5.32. The molecule has 1 aromatic heterocycles. The summed E-state index contributed by atoms with van der Waals surface area (Å²) in [5.74, 6) is 0.775. The molecule has 2 heteroatoms. The van der Waals surface area contributed by atoms with Gasteiger partial charge in [0.1, 0.15) is 0 Å². The molecule has 2 atom stereocenters. The maximum absolute atomic E-state index is 4.27. The summed E-state index contributed by atoms with van der Waals surface area (Å²) in [6, 6.07) is 2.68. The molecule has 0 bridgehead atoms. The minimum Gasteiger partial charge on any atom is -0.310 e. The predicted molar refractivity (Wildman–Crippen MR) is 83.3 cm³/mol. The Labute approximate surface area is 119 Å². The summed E-state index contributed by atoms with van der Waals surface area (Å²) >= 11 is 0. The standard InChI is InChI=1S/C17H30N2/c1-5-8-14(4)12-17(19-10-6-2)16-9-11-18-13-15(16)7-3/h9,11,13-14,17,19H,5-8,10,12H2,1-4H3. The van der Waals surface area contributed by atoms with Gasteiger partial charge in [-0.1, -0.05) is 40.5 Å². The third-order valence-electron chi connectivity index (χ3n) is 3.76. The summed E-state index contributed by atoms with van der Waals surface area (Å²) in [5.41, 5.74) is 2.84. The second-order valence-electron chi connectivity index (χ2n) is 5.56. The number of aromatic nitrogens is 1. The van der Waals surface area contributed by atoms with Crippen LogP contribution in [-0.2, 0) is 6.42 Å². The van der Waals surface area contributed by atoms with Gasteiger partial charge < -0.3 is 5.32 Å². The van der Waals surface area contributed by atoms with Crippen LogP contribution in [0.15, 0.2) is 18.5 Å². The second-order valence-corrected chi connectivity index (χ2v) is 5.56. The minimum atomic E-state index is 0.486. The van der Waals surface area contributed by atoms with E-state index in [1.807, 2.05) is 12.4 Å². The van der Waals surface area contributed by atoms with E-state index in [-0.39, 0.29) is 0 Å². The molecule has 0 aliphatic carbocycles. The fourth-order valence-corrected chi connectivity index (χ4v) is 2.73. The molecule has 0 amide bonds. The molecule has 19 heavy (non-hydrogen) atoms. The molecule has 0 spiro atoms. The lowest BCUT2D eigenvalue weighted by Gasteiger charge is -2.24. The highest BCUT2D eigenvalue weighted by Crippen LogP contribution is 2.26. The van der Waals surface area contributed by atoms with E-state index < -0.39 is 0 Å². The van der Waals surface area contributed by atoms with Crippen LogP contribution in [0.25, 0.3) is 0 Å². The summed E-state index contributed by atoms with van der Waals surface area (Å²) in [5, 5.41) is 3.72. The van der Waals surface area contributed by atoms with E-state index in [0.29, 0.717) is 6.04 Å². The molecule has 0 saturated carbocycles. The minimum absolute atomic E-state index is 0.486. The van der Waals surface area contributed by atoms with Crippen LogP contribution in [-0.4, -0.2) is 11.5 Å². The Morgan fingerprint density at radius 3 is 2.63 bits per heavy atom. The fraction of sp³-hybridized carbons (Fsp3) is 0.706. The molecule has 2 unspecified atom stereocenters. The SMILES string of the molecule is CCCNC(CC(C)CCC)c1ccncc1CC. The van der Waals surface area contributed by atoms with Crippen molar-refractivity contribution in [1.29, 1.82) is 0 Å². The van der Waals surface area contributed by atoms with E-state index in [2.05, 4.69) is 44.1 Å². The van der Waals surface area contributed by atoms with Crippen molar-refractivity contribution >= 4 is 0 Å². The third-order valence-corrected chi connectivity index (χ3v) is 3.76. The average molecular weight is 262 g/mol. The van der Waals surface area contributed by atoms with E-state index in [9.17, 15) is 0 Å². The van der Waals surface area contributed by atoms with Crippen molar-refractivity contribution in [2.24, 2.45) is 5.92 Å². The summed E-state index contributed by atoms with van der Waals surface area (Å²) in [4.78, 5) is 4.27.